The summed E-state index contributed by atoms with van der Waals surface area (Å²) in [5, 5.41) is 1.77. The summed E-state index contributed by atoms with van der Waals surface area (Å²) >= 11 is 12.5. The minimum absolute atomic E-state index is 0.485. The number of H-pyrrole nitrogens is 1. The van der Waals surface area contributed by atoms with Crippen LogP contribution < -0.4 is 4.74 Å². The van der Waals surface area contributed by atoms with Gasteiger partial charge in [-0.25, -0.2) is 0 Å². The zero-order valence-electron chi connectivity index (χ0n) is 12.0. The molecule has 0 aliphatic rings. The second kappa shape index (κ2) is 5.67. The van der Waals surface area contributed by atoms with Crippen molar-refractivity contribution in [2.24, 2.45) is 0 Å². The molecule has 0 spiro atoms. The highest BCUT2D eigenvalue weighted by Crippen LogP contribution is 2.37. The van der Waals surface area contributed by atoms with Crippen LogP contribution in [0.25, 0.3) is 22.2 Å². The Balaban J connectivity index is 2.31. The largest absolute Gasteiger partial charge is 0.495 e. The Morgan fingerprint density at radius 2 is 1.91 bits per heavy atom. The third kappa shape index (κ3) is 2.27. The van der Waals surface area contributed by atoms with Crippen LogP contribution in [0.1, 0.15) is 15.9 Å². The second-order valence-corrected chi connectivity index (χ2v) is 5.81. The van der Waals surface area contributed by atoms with Crippen molar-refractivity contribution in [2.45, 2.75) is 6.92 Å². The van der Waals surface area contributed by atoms with Crippen molar-refractivity contribution in [1.29, 1.82) is 0 Å². The molecule has 3 aromatic rings. The van der Waals surface area contributed by atoms with E-state index < -0.39 is 0 Å². The first-order chi connectivity index (χ1) is 10.6. The summed E-state index contributed by atoms with van der Waals surface area (Å²) in [6.07, 6.45) is 0.817. The van der Waals surface area contributed by atoms with Gasteiger partial charge in [0.25, 0.3) is 0 Å². The predicted molar refractivity (Wildman–Crippen MR) is 90.4 cm³/mol. The van der Waals surface area contributed by atoms with Crippen molar-refractivity contribution in [3.8, 4) is 17.0 Å². The molecule has 0 fully saturated rings. The van der Waals surface area contributed by atoms with Crippen molar-refractivity contribution in [2.75, 3.05) is 7.11 Å². The Morgan fingerprint density at radius 3 is 2.55 bits per heavy atom. The van der Waals surface area contributed by atoms with E-state index in [9.17, 15) is 4.79 Å². The van der Waals surface area contributed by atoms with Gasteiger partial charge in [-0.3, -0.25) is 4.79 Å². The third-order valence-electron chi connectivity index (χ3n) is 3.71. The van der Waals surface area contributed by atoms with Crippen LogP contribution in [0.15, 0.2) is 30.3 Å². The van der Waals surface area contributed by atoms with E-state index in [-0.39, 0.29) is 0 Å². The number of hydrogen-bond acceptors (Lipinski definition) is 2. The molecule has 0 unspecified atom stereocenters. The molecule has 0 aliphatic heterocycles. The van der Waals surface area contributed by atoms with Crippen LogP contribution >= 0.6 is 23.2 Å². The molecule has 0 saturated heterocycles. The van der Waals surface area contributed by atoms with Gasteiger partial charge in [0, 0.05) is 16.5 Å². The highest BCUT2D eigenvalue weighted by atomic mass is 35.5. The minimum atomic E-state index is 0.485. The summed E-state index contributed by atoms with van der Waals surface area (Å²) in [7, 11) is 1.56. The van der Waals surface area contributed by atoms with Gasteiger partial charge < -0.3 is 9.72 Å². The zero-order valence-corrected chi connectivity index (χ0v) is 13.5. The van der Waals surface area contributed by atoms with Crippen molar-refractivity contribution in [3.63, 3.8) is 0 Å². The number of nitrogens with one attached hydrogen (secondary N) is 1. The number of aryl methyl sites for hydroxylation is 1. The standard InChI is InChI=1S/C17H13Cl2NO2/c1-9-3-5-12(18)15-11(8-21)17(20-16(9)15)10-4-6-14(22-2)13(19)7-10/h3-8,20H,1-2H3. The molecule has 0 atom stereocenters. The number of aromatic nitrogens is 1. The van der Waals surface area contributed by atoms with Crippen LogP contribution in [-0.4, -0.2) is 18.4 Å². The van der Waals surface area contributed by atoms with Gasteiger partial charge >= 0.3 is 0 Å². The number of hydrogen-bond donors (Lipinski definition) is 1. The SMILES string of the molecule is COc1ccc(-c2[nH]c3c(C)ccc(Cl)c3c2C=O)cc1Cl. The fourth-order valence-corrected chi connectivity index (χ4v) is 3.11. The predicted octanol–water partition coefficient (Wildman–Crippen LogP) is 5.27. The number of carbonyl (C=O) groups excluding carboxylic acids is 1. The molecule has 3 rings (SSSR count). The Morgan fingerprint density at radius 1 is 1.14 bits per heavy atom. The number of aldehydes is 1. The van der Waals surface area contributed by atoms with Crippen molar-refractivity contribution >= 4 is 40.4 Å². The fourth-order valence-electron chi connectivity index (χ4n) is 2.59. The molecule has 1 N–H and O–H groups in total. The lowest BCUT2D eigenvalue weighted by Gasteiger charge is -2.05. The topological polar surface area (TPSA) is 42.1 Å². The molecule has 5 heteroatoms. The monoisotopic (exact) mass is 333 g/mol. The number of fused-ring (bicyclic) bond motifs is 1. The van der Waals surface area contributed by atoms with Gasteiger partial charge in [0.05, 0.1) is 28.4 Å². The molecule has 2 aromatic carbocycles. The van der Waals surface area contributed by atoms with Crippen LogP contribution in [-0.2, 0) is 0 Å². The number of aromatic amines is 1. The second-order valence-electron chi connectivity index (χ2n) is 5.00. The number of methoxy groups -OCH3 is 1. The lowest BCUT2D eigenvalue weighted by molar-refractivity contribution is 0.112. The van der Waals surface area contributed by atoms with Gasteiger partial charge in [0.15, 0.2) is 6.29 Å². The molecule has 3 nitrogen and oxygen atoms in total. The van der Waals surface area contributed by atoms with Gasteiger partial charge in [0.2, 0.25) is 0 Å². The summed E-state index contributed by atoms with van der Waals surface area (Å²) in [5.74, 6) is 0.586. The van der Waals surface area contributed by atoms with E-state index in [2.05, 4.69) is 4.98 Å². The minimum Gasteiger partial charge on any atom is -0.495 e. The molecule has 22 heavy (non-hydrogen) atoms. The third-order valence-corrected chi connectivity index (χ3v) is 4.32. The van der Waals surface area contributed by atoms with E-state index in [4.69, 9.17) is 27.9 Å². The van der Waals surface area contributed by atoms with E-state index in [0.717, 1.165) is 28.3 Å². The summed E-state index contributed by atoms with van der Waals surface area (Å²) < 4.78 is 5.16. The molecule has 112 valence electrons. The summed E-state index contributed by atoms with van der Waals surface area (Å²) in [4.78, 5) is 14.9. The van der Waals surface area contributed by atoms with E-state index in [1.54, 1.807) is 25.3 Å². The molecular formula is C17H13Cl2NO2. The van der Waals surface area contributed by atoms with Gasteiger partial charge in [-0.1, -0.05) is 29.3 Å². The lowest BCUT2D eigenvalue weighted by atomic mass is 10.0. The van der Waals surface area contributed by atoms with Crippen molar-refractivity contribution in [3.05, 3.63) is 51.5 Å². The maximum atomic E-state index is 11.6. The molecule has 0 aliphatic carbocycles. The van der Waals surface area contributed by atoms with Crippen LogP contribution in [0, 0.1) is 6.92 Å². The highest BCUT2D eigenvalue weighted by molar-refractivity contribution is 6.37. The van der Waals surface area contributed by atoms with Crippen LogP contribution in [0.3, 0.4) is 0 Å². The summed E-state index contributed by atoms with van der Waals surface area (Å²) in [5.41, 5.74) is 3.92. The number of benzene rings is 2. The first kappa shape index (κ1) is 14.9. The molecule has 0 radical (unpaired) electrons. The smallest absolute Gasteiger partial charge is 0.152 e. The zero-order chi connectivity index (χ0) is 15.9. The van der Waals surface area contributed by atoms with E-state index in [1.165, 1.54) is 0 Å². The Hall–Kier alpha value is -1.97. The highest BCUT2D eigenvalue weighted by Gasteiger charge is 2.17. The van der Waals surface area contributed by atoms with Crippen molar-refractivity contribution < 1.29 is 9.53 Å². The van der Waals surface area contributed by atoms with Crippen molar-refractivity contribution in [1.82, 2.24) is 4.98 Å². The maximum Gasteiger partial charge on any atom is 0.152 e. The number of halogens is 2. The average molecular weight is 334 g/mol. The van der Waals surface area contributed by atoms with Gasteiger partial charge in [-0.05, 0) is 36.8 Å². The first-order valence-corrected chi connectivity index (χ1v) is 7.42. The van der Waals surface area contributed by atoms with Crippen LogP contribution in [0.4, 0.5) is 0 Å². The molecule has 1 aromatic heterocycles. The van der Waals surface area contributed by atoms with E-state index in [0.29, 0.717) is 27.1 Å². The van der Waals surface area contributed by atoms with E-state index in [1.807, 2.05) is 19.1 Å². The number of rotatable bonds is 3. The molecule has 1 heterocycles. The molecular weight excluding hydrogens is 321 g/mol. The van der Waals surface area contributed by atoms with Gasteiger partial charge in [-0.2, -0.15) is 0 Å². The van der Waals surface area contributed by atoms with Crippen LogP contribution in [0.2, 0.25) is 10.0 Å². The lowest BCUT2D eigenvalue weighted by Crippen LogP contribution is -1.88. The number of ether oxygens (including phenoxy) is 1. The Labute approximate surface area is 137 Å². The Kier molecular flexibility index (Phi) is 3.85. The van der Waals surface area contributed by atoms with Crippen LogP contribution in [0.5, 0.6) is 5.75 Å². The molecule has 0 saturated carbocycles. The summed E-state index contributed by atoms with van der Waals surface area (Å²) in [6, 6.07) is 9.10. The molecule has 0 bridgehead atoms. The van der Waals surface area contributed by atoms with Gasteiger partial charge in [-0.15, -0.1) is 0 Å². The fraction of sp³-hybridized carbons (Fsp3) is 0.118. The Bertz CT molecular complexity index is 884. The molecule has 0 amide bonds. The summed E-state index contributed by atoms with van der Waals surface area (Å²) in [6.45, 7) is 1.97. The average Bonchev–Trinajstić information content (AvgIpc) is 2.91. The normalized spacial score (nSPS) is 10.9. The number of carbonyl (C=O) groups is 1. The first-order valence-electron chi connectivity index (χ1n) is 6.66. The van der Waals surface area contributed by atoms with Gasteiger partial charge in [0.1, 0.15) is 5.75 Å². The quantitative estimate of drug-likeness (QED) is 0.663. The van der Waals surface area contributed by atoms with E-state index >= 15 is 0 Å². The maximum absolute atomic E-state index is 11.6.